The predicted molar refractivity (Wildman–Crippen MR) is 103 cm³/mol. The van der Waals surface area contributed by atoms with Crippen LogP contribution in [0.3, 0.4) is 0 Å². The van der Waals surface area contributed by atoms with Crippen molar-refractivity contribution in [3.8, 4) is 0 Å². The predicted octanol–water partition coefficient (Wildman–Crippen LogP) is 3.60. The minimum Gasteiger partial charge on any atom is -0.385 e. The molecule has 0 bridgehead atoms. The number of pyridine rings is 1. The molecular formula is C22H25N3O. The fourth-order valence-corrected chi connectivity index (χ4v) is 5.01. The highest BCUT2D eigenvalue weighted by Gasteiger charge is 2.39. The lowest BCUT2D eigenvalue weighted by molar-refractivity contribution is 0.0122. The molecule has 0 fully saturated rings. The summed E-state index contributed by atoms with van der Waals surface area (Å²) in [7, 11) is 0. The van der Waals surface area contributed by atoms with E-state index in [4.69, 9.17) is 0 Å². The lowest BCUT2D eigenvalue weighted by Crippen LogP contribution is -2.28. The summed E-state index contributed by atoms with van der Waals surface area (Å²) in [5.41, 5.74) is 5.71. The zero-order valence-corrected chi connectivity index (χ0v) is 15.2. The molecule has 2 aromatic heterocycles. The summed E-state index contributed by atoms with van der Waals surface area (Å²) >= 11 is 0. The fourth-order valence-electron chi connectivity index (χ4n) is 5.01. The van der Waals surface area contributed by atoms with Gasteiger partial charge in [-0.2, -0.15) is 0 Å². The van der Waals surface area contributed by atoms with Crippen molar-refractivity contribution < 1.29 is 5.11 Å². The van der Waals surface area contributed by atoms with E-state index in [-0.39, 0.29) is 0 Å². The summed E-state index contributed by atoms with van der Waals surface area (Å²) in [5.74, 6) is 0.369. The van der Waals surface area contributed by atoms with Gasteiger partial charge in [0.05, 0.1) is 5.60 Å². The van der Waals surface area contributed by atoms with Gasteiger partial charge in [0.1, 0.15) is 0 Å². The van der Waals surface area contributed by atoms with Crippen LogP contribution in [0.1, 0.15) is 47.6 Å². The molecular weight excluding hydrogens is 322 g/mol. The van der Waals surface area contributed by atoms with Crippen molar-refractivity contribution in [2.24, 2.45) is 0 Å². The Morgan fingerprint density at radius 3 is 2.92 bits per heavy atom. The van der Waals surface area contributed by atoms with Gasteiger partial charge in [-0.1, -0.05) is 11.6 Å². The van der Waals surface area contributed by atoms with Crippen molar-refractivity contribution in [1.82, 2.24) is 14.9 Å². The minimum atomic E-state index is -0.786. The van der Waals surface area contributed by atoms with Gasteiger partial charge in [0.25, 0.3) is 0 Å². The Hall–Kier alpha value is -2.17. The molecule has 2 atom stereocenters. The number of aromatic nitrogens is 2. The Morgan fingerprint density at radius 2 is 2.08 bits per heavy atom. The first-order chi connectivity index (χ1) is 12.7. The summed E-state index contributed by atoms with van der Waals surface area (Å²) in [6, 6.07) is 10.7. The zero-order chi connectivity index (χ0) is 17.7. The molecule has 1 aromatic carbocycles. The van der Waals surface area contributed by atoms with Crippen LogP contribution in [-0.2, 0) is 18.7 Å². The van der Waals surface area contributed by atoms with Gasteiger partial charge in [-0.3, -0.25) is 4.98 Å². The topological polar surface area (TPSA) is 50.1 Å². The lowest BCUT2D eigenvalue weighted by Gasteiger charge is -2.29. The molecule has 0 radical (unpaired) electrons. The number of benzene rings is 1. The molecule has 4 heterocycles. The third kappa shape index (κ3) is 2.40. The van der Waals surface area contributed by atoms with Gasteiger partial charge in [-0.25, -0.2) is 0 Å². The number of nitrogens with one attached hydrogen (secondary N) is 1. The average Bonchev–Trinajstić information content (AvgIpc) is 2.76. The zero-order valence-electron chi connectivity index (χ0n) is 15.2. The SMILES string of the molecule is Cc1ccc2c(c1)c1c3n2CCC(O)(c2ccncc2)CC3CCNC1. The van der Waals surface area contributed by atoms with E-state index in [9.17, 15) is 5.11 Å². The van der Waals surface area contributed by atoms with E-state index in [0.717, 1.165) is 44.5 Å². The maximum Gasteiger partial charge on any atom is 0.0921 e. The van der Waals surface area contributed by atoms with Crippen LogP contribution in [0, 0.1) is 6.92 Å². The summed E-state index contributed by atoms with van der Waals surface area (Å²) < 4.78 is 2.49. The van der Waals surface area contributed by atoms with Crippen molar-refractivity contribution in [1.29, 1.82) is 0 Å². The highest BCUT2D eigenvalue weighted by Crippen LogP contribution is 2.45. The molecule has 0 saturated heterocycles. The van der Waals surface area contributed by atoms with Crippen LogP contribution >= 0.6 is 0 Å². The Balaban J connectivity index is 1.68. The molecule has 0 aliphatic carbocycles. The number of hydrogen-bond acceptors (Lipinski definition) is 3. The van der Waals surface area contributed by atoms with Crippen LogP contribution in [0.2, 0.25) is 0 Å². The van der Waals surface area contributed by atoms with Gasteiger partial charge in [0.15, 0.2) is 0 Å². The number of aryl methyl sites for hydroxylation is 2. The first-order valence-electron chi connectivity index (χ1n) is 9.61. The smallest absolute Gasteiger partial charge is 0.0921 e. The van der Waals surface area contributed by atoms with Gasteiger partial charge in [-0.15, -0.1) is 0 Å². The third-order valence-electron chi connectivity index (χ3n) is 6.28. The van der Waals surface area contributed by atoms with Crippen molar-refractivity contribution in [2.45, 2.75) is 50.8 Å². The summed E-state index contributed by atoms with van der Waals surface area (Å²) in [6.45, 7) is 4.94. The standard InChI is InChI=1S/C22H25N3O/c1-15-2-3-20-18(12-15)19-14-24-8-4-16-13-22(26,7-11-25(20)21(16)19)17-5-9-23-10-6-17/h2-3,5-6,9-10,12,16,24,26H,4,7-8,11,13-14H2,1H3. The van der Waals surface area contributed by atoms with Crippen LogP contribution in [0.15, 0.2) is 42.7 Å². The number of hydrogen-bond donors (Lipinski definition) is 2. The summed E-state index contributed by atoms with van der Waals surface area (Å²) in [5, 5.41) is 16.6. The Kier molecular flexibility index (Phi) is 3.66. The van der Waals surface area contributed by atoms with Crippen molar-refractivity contribution in [3.05, 3.63) is 65.1 Å². The van der Waals surface area contributed by atoms with Crippen molar-refractivity contribution in [2.75, 3.05) is 6.54 Å². The van der Waals surface area contributed by atoms with Crippen LogP contribution < -0.4 is 5.32 Å². The quantitative estimate of drug-likeness (QED) is 0.707. The minimum absolute atomic E-state index is 0.369. The average molecular weight is 347 g/mol. The number of rotatable bonds is 1. The molecule has 2 unspecified atom stereocenters. The molecule has 3 aromatic rings. The van der Waals surface area contributed by atoms with Crippen molar-refractivity contribution >= 4 is 10.9 Å². The van der Waals surface area contributed by atoms with E-state index in [0.29, 0.717) is 5.92 Å². The molecule has 2 N–H and O–H groups in total. The highest BCUT2D eigenvalue weighted by molar-refractivity contribution is 5.86. The molecule has 134 valence electrons. The molecule has 0 amide bonds. The van der Waals surface area contributed by atoms with Gasteiger partial charge in [0, 0.05) is 48.0 Å². The second-order valence-electron chi connectivity index (χ2n) is 7.92. The number of fused-ring (bicyclic) bond motifs is 3. The van der Waals surface area contributed by atoms with Gasteiger partial charge in [0.2, 0.25) is 0 Å². The van der Waals surface area contributed by atoms with Crippen LogP contribution in [0.25, 0.3) is 10.9 Å². The molecule has 4 nitrogen and oxygen atoms in total. The van der Waals surface area contributed by atoms with E-state index in [1.54, 1.807) is 12.4 Å². The molecule has 4 heteroatoms. The fraction of sp³-hybridized carbons (Fsp3) is 0.409. The largest absolute Gasteiger partial charge is 0.385 e. The normalized spacial score (nSPS) is 25.5. The molecule has 26 heavy (non-hydrogen) atoms. The van der Waals surface area contributed by atoms with E-state index in [1.807, 2.05) is 12.1 Å². The van der Waals surface area contributed by atoms with Gasteiger partial charge in [-0.05, 0) is 68.1 Å². The monoisotopic (exact) mass is 347 g/mol. The van der Waals surface area contributed by atoms with Crippen LogP contribution in [-0.4, -0.2) is 21.2 Å². The second-order valence-corrected chi connectivity index (χ2v) is 7.92. The van der Waals surface area contributed by atoms with E-state index in [1.165, 1.54) is 27.7 Å². The Morgan fingerprint density at radius 1 is 1.23 bits per heavy atom. The van der Waals surface area contributed by atoms with E-state index >= 15 is 0 Å². The van der Waals surface area contributed by atoms with Gasteiger partial charge >= 0.3 is 0 Å². The Bertz CT molecular complexity index is 962. The first-order valence-corrected chi connectivity index (χ1v) is 9.61. The first kappa shape index (κ1) is 16.0. The Labute approximate surface area is 153 Å². The molecule has 2 aliphatic rings. The molecule has 5 rings (SSSR count). The van der Waals surface area contributed by atoms with Crippen molar-refractivity contribution in [3.63, 3.8) is 0 Å². The van der Waals surface area contributed by atoms with Crippen LogP contribution in [0.4, 0.5) is 0 Å². The lowest BCUT2D eigenvalue weighted by atomic mass is 9.81. The molecule has 0 saturated carbocycles. The van der Waals surface area contributed by atoms with Gasteiger partial charge < -0.3 is 15.0 Å². The maximum absolute atomic E-state index is 11.6. The second kappa shape index (κ2) is 5.93. The molecule has 2 aliphatic heterocycles. The van der Waals surface area contributed by atoms with E-state index < -0.39 is 5.60 Å². The number of aliphatic hydroxyl groups is 1. The summed E-state index contributed by atoms with van der Waals surface area (Å²) in [6.07, 6.45) is 6.16. The summed E-state index contributed by atoms with van der Waals surface area (Å²) in [4.78, 5) is 4.13. The number of nitrogens with zero attached hydrogens (tertiary/aromatic N) is 2. The van der Waals surface area contributed by atoms with E-state index in [2.05, 4.69) is 40.0 Å². The highest BCUT2D eigenvalue weighted by atomic mass is 16.3. The van der Waals surface area contributed by atoms with Crippen LogP contribution in [0.5, 0.6) is 0 Å². The maximum atomic E-state index is 11.6. The third-order valence-corrected chi connectivity index (χ3v) is 6.28. The molecule has 0 spiro atoms.